The molecule has 0 aliphatic rings. The number of amides is 1. The molecule has 0 aliphatic heterocycles. The topological polar surface area (TPSA) is 97.5 Å². The fraction of sp³-hybridized carbons (Fsp3) is 0.100. The van der Waals surface area contributed by atoms with E-state index in [-0.39, 0.29) is 16.0 Å². The van der Waals surface area contributed by atoms with Gasteiger partial charge in [-0.05, 0) is 24.1 Å². The third-order valence-electron chi connectivity index (χ3n) is 2.18. The van der Waals surface area contributed by atoms with E-state index in [1.165, 1.54) is 25.1 Å². The van der Waals surface area contributed by atoms with Crippen LogP contribution in [0.5, 0.6) is 0 Å². The van der Waals surface area contributed by atoms with Crippen LogP contribution in [0.25, 0.3) is 5.57 Å². The molecule has 86 valence electrons. The summed E-state index contributed by atoms with van der Waals surface area (Å²) in [7, 11) is -4.31. The number of carbonyl (C=O) groups excluding carboxylic acids is 1. The second-order valence-corrected chi connectivity index (χ2v) is 4.64. The molecular weight excluding hydrogens is 230 g/mol. The fourth-order valence-corrected chi connectivity index (χ4v) is 2.10. The summed E-state index contributed by atoms with van der Waals surface area (Å²) in [6, 6.07) is 4.15. The normalized spacial score (nSPS) is 11.1. The van der Waals surface area contributed by atoms with Crippen molar-refractivity contribution in [1.29, 1.82) is 0 Å². The van der Waals surface area contributed by atoms with Crippen LogP contribution in [0.15, 0.2) is 29.7 Å². The Morgan fingerprint density at radius 2 is 2.00 bits per heavy atom. The molecule has 3 N–H and O–H groups in total. The van der Waals surface area contributed by atoms with E-state index in [1.807, 2.05) is 0 Å². The third kappa shape index (κ3) is 2.29. The van der Waals surface area contributed by atoms with Crippen LogP contribution >= 0.6 is 0 Å². The molecule has 16 heavy (non-hydrogen) atoms. The molecule has 5 nitrogen and oxygen atoms in total. The average Bonchev–Trinajstić information content (AvgIpc) is 2.15. The zero-order valence-corrected chi connectivity index (χ0v) is 9.41. The van der Waals surface area contributed by atoms with Gasteiger partial charge in [0.05, 0.1) is 4.90 Å². The fourth-order valence-electron chi connectivity index (χ4n) is 1.35. The number of primary amides is 1. The smallest absolute Gasteiger partial charge is 0.294 e. The maximum absolute atomic E-state index is 11.0. The molecular formula is C10H11NO4S. The Morgan fingerprint density at radius 3 is 2.44 bits per heavy atom. The summed E-state index contributed by atoms with van der Waals surface area (Å²) in [5, 5.41) is 0. The second kappa shape index (κ2) is 4.07. The first kappa shape index (κ1) is 12.4. The SMILES string of the molecule is C=C(C(N)=O)c1cccc(S(=O)(=O)O)c1C. The molecule has 0 spiro atoms. The second-order valence-electron chi connectivity index (χ2n) is 3.25. The van der Waals surface area contributed by atoms with Crippen LogP contribution in [0.3, 0.4) is 0 Å². The van der Waals surface area contributed by atoms with Crippen molar-refractivity contribution >= 4 is 21.6 Å². The third-order valence-corrected chi connectivity index (χ3v) is 3.18. The minimum atomic E-state index is -4.31. The van der Waals surface area contributed by atoms with Gasteiger partial charge in [-0.15, -0.1) is 0 Å². The van der Waals surface area contributed by atoms with Gasteiger partial charge >= 0.3 is 0 Å². The highest BCUT2D eigenvalue weighted by Gasteiger charge is 2.17. The Labute approximate surface area is 93.3 Å². The van der Waals surface area contributed by atoms with Crippen LogP contribution in [-0.4, -0.2) is 18.9 Å². The molecule has 0 aliphatic carbocycles. The summed E-state index contributed by atoms with van der Waals surface area (Å²) in [6.07, 6.45) is 0. The molecule has 0 unspecified atom stereocenters. The molecule has 1 aromatic carbocycles. The number of hydrogen-bond acceptors (Lipinski definition) is 3. The van der Waals surface area contributed by atoms with Gasteiger partial charge in [-0.3, -0.25) is 9.35 Å². The summed E-state index contributed by atoms with van der Waals surface area (Å²) < 4.78 is 31.0. The van der Waals surface area contributed by atoms with Crippen molar-refractivity contribution in [2.45, 2.75) is 11.8 Å². The maximum atomic E-state index is 11.0. The highest BCUT2D eigenvalue weighted by molar-refractivity contribution is 7.85. The van der Waals surface area contributed by atoms with Crippen molar-refractivity contribution in [3.8, 4) is 0 Å². The molecule has 0 fully saturated rings. The first-order valence-electron chi connectivity index (χ1n) is 4.31. The quantitative estimate of drug-likeness (QED) is 0.602. The van der Waals surface area contributed by atoms with Crippen LogP contribution in [0.1, 0.15) is 11.1 Å². The molecule has 0 bridgehead atoms. The summed E-state index contributed by atoms with van der Waals surface area (Å²) in [6.45, 7) is 4.92. The van der Waals surface area contributed by atoms with Gasteiger partial charge in [0.1, 0.15) is 0 Å². The molecule has 1 rings (SSSR count). The van der Waals surface area contributed by atoms with Gasteiger partial charge in [0, 0.05) is 5.57 Å². The summed E-state index contributed by atoms with van der Waals surface area (Å²) in [4.78, 5) is 10.7. The zero-order valence-electron chi connectivity index (χ0n) is 8.60. The summed E-state index contributed by atoms with van der Waals surface area (Å²) >= 11 is 0. The van der Waals surface area contributed by atoms with Gasteiger partial charge < -0.3 is 5.73 Å². The predicted molar refractivity (Wildman–Crippen MR) is 59.2 cm³/mol. The van der Waals surface area contributed by atoms with Crippen molar-refractivity contribution < 1.29 is 17.8 Å². The summed E-state index contributed by atoms with van der Waals surface area (Å²) in [5.74, 6) is -0.740. The Morgan fingerprint density at radius 1 is 1.44 bits per heavy atom. The Balaban J connectivity index is 3.48. The number of benzene rings is 1. The Kier molecular flexibility index (Phi) is 3.16. The lowest BCUT2D eigenvalue weighted by atomic mass is 10.0. The van der Waals surface area contributed by atoms with Crippen LogP contribution in [-0.2, 0) is 14.9 Å². The summed E-state index contributed by atoms with van der Waals surface area (Å²) in [5.41, 5.74) is 5.60. The van der Waals surface area contributed by atoms with Gasteiger partial charge in [-0.2, -0.15) is 8.42 Å². The van der Waals surface area contributed by atoms with E-state index in [1.54, 1.807) is 0 Å². The highest BCUT2D eigenvalue weighted by Crippen LogP contribution is 2.23. The van der Waals surface area contributed by atoms with Gasteiger partial charge in [0.15, 0.2) is 0 Å². The van der Waals surface area contributed by atoms with Crippen LogP contribution in [0, 0.1) is 6.92 Å². The molecule has 1 aromatic rings. The molecule has 6 heteroatoms. The van der Waals surface area contributed by atoms with Gasteiger partial charge in [0.2, 0.25) is 5.91 Å². The molecule has 0 radical (unpaired) electrons. The standard InChI is InChI=1S/C10H11NO4S/c1-6-8(7(2)10(11)12)4-3-5-9(6)16(13,14)15/h3-5H,2H2,1H3,(H2,11,12)(H,13,14,15). The minimum absolute atomic E-state index is 0.00278. The molecule has 0 aromatic heterocycles. The van der Waals surface area contributed by atoms with E-state index >= 15 is 0 Å². The zero-order chi connectivity index (χ0) is 12.5. The molecule has 0 heterocycles. The molecule has 0 saturated heterocycles. The number of rotatable bonds is 3. The van der Waals surface area contributed by atoms with Crippen molar-refractivity contribution in [3.05, 3.63) is 35.9 Å². The first-order chi connectivity index (χ1) is 7.25. The van der Waals surface area contributed by atoms with Crippen molar-refractivity contribution in [2.24, 2.45) is 5.73 Å². The molecule has 1 amide bonds. The van der Waals surface area contributed by atoms with E-state index in [4.69, 9.17) is 10.3 Å². The first-order valence-corrected chi connectivity index (χ1v) is 5.75. The van der Waals surface area contributed by atoms with Crippen LogP contribution in [0.2, 0.25) is 0 Å². The largest absolute Gasteiger partial charge is 0.366 e. The van der Waals surface area contributed by atoms with E-state index in [2.05, 4.69) is 6.58 Å². The maximum Gasteiger partial charge on any atom is 0.294 e. The molecule has 0 atom stereocenters. The number of hydrogen-bond donors (Lipinski definition) is 2. The lowest BCUT2D eigenvalue weighted by Gasteiger charge is -2.09. The van der Waals surface area contributed by atoms with Crippen LogP contribution < -0.4 is 5.73 Å². The average molecular weight is 241 g/mol. The number of carbonyl (C=O) groups is 1. The lowest BCUT2D eigenvalue weighted by Crippen LogP contribution is -2.13. The van der Waals surface area contributed by atoms with E-state index in [0.29, 0.717) is 5.56 Å². The Bertz CT molecular complexity index is 560. The van der Waals surface area contributed by atoms with Gasteiger partial charge in [-0.25, -0.2) is 0 Å². The monoisotopic (exact) mass is 241 g/mol. The van der Waals surface area contributed by atoms with E-state index in [0.717, 1.165) is 0 Å². The predicted octanol–water partition coefficient (Wildman–Crippen LogP) is 0.740. The molecule has 0 saturated carbocycles. The van der Waals surface area contributed by atoms with Crippen LogP contribution in [0.4, 0.5) is 0 Å². The minimum Gasteiger partial charge on any atom is -0.366 e. The van der Waals surface area contributed by atoms with E-state index in [9.17, 15) is 13.2 Å². The van der Waals surface area contributed by atoms with Gasteiger partial charge in [0.25, 0.3) is 10.1 Å². The highest BCUT2D eigenvalue weighted by atomic mass is 32.2. The van der Waals surface area contributed by atoms with Crippen molar-refractivity contribution in [1.82, 2.24) is 0 Å². The Hall–Kier alpha value is -1.66. The van der Waals surface area contributed by atoms with Gasteiger partial charge in [-0.1, -0.05) is 18.7 Å². The number of nitrogens with two attached hydrogens (primary N) is 1. The van der Waals surface area contributed by atoms with Crippen molar-refractivity contribution in [2.75, 3.05) is 0 Å². The van der Waals surface area contributed by atoms with Crippen molar-refractivity contribution in [3.63, 3.8) is 0 Å². The lowest BCUT2D eigenvalue weighted by molar-refractivity contribution is -0.112. The van der Waals surface area contributed by atoms with E-state index < -0.39 is 16.0 Å².